The number of aromatic nitrogens is 4. The van der Waals surface area contributed by atoms with Crippen molar-refractivity contribution in [2.45, 2.75) is 32.4 Å². The van der Waals surface area contributed by atoms with E-state index in [-0.39, 0.29) is 11.7 Å². The molecule has 23 heavy (non-hydrogen) atoms. The third kappa shape index (κ3) is 2.59. The average molecular weight is 306 g/mol. The Balaban J connectivity index is 1.80. The van der Waals surface area contributed by atoms with E-state index < -0.39 is 0 Å². The van der Waals surface area contributed by atoms with Gasteiger partial charge in [0.2, 0.25) is 0 Å². The van der Waals surface area contributed by atoms with Crippen molar-refractivity contribution in [1.29, 1.82) is 0 Å². The normalized spacial score (nSPS) is 14.1. The van der Waals surface area contributed by atoms with Gasteiger partial charge in [-0.3, -0.25) is 9.55 Å². The smallest absolute Gasteiger partial charge is 0.272 e. The van der Waals surface area contributed by atoms with E-state index in [0.717, 1.165) is 29.8 Å². The second-order valence-electron chi connectivity index (χ2n) is 6.03. The summed E-state index contributed by atoms with van der Waals surface area (Å²) in [6.45, 7) is 2.55. The van der Waals surface area contributed by atoms with Crippen LogP contribution in [0.1, 0.15) is 30.0 Å². The lowest BCUT2D eigenvalue weighted by atomic mass is 10.1. The second kappa shape index (κ2) is 5.50. The topological polar surface area (TPSA) is 52.7 Å². The van der Waals surface area contributed by atoms with Gasteiger partial charge in [0.15, 0.2) is 5.82 Å². The summed E-state index contributed by atoms with van der Waals surface area (Å²) >= 11 is 0. The standard InChI is InChI=1S/C18H18N4O/c1-13-5-2-3-6-15(13)12-21-18(23)22(16-8-9-16)17(20-21)14-7-4-10-19-11-14/h2-7,10-11,16H,8-9,12H2,1H3. The zero-order valence-corrected chi connectivity index (χ0v) is 13.0. The molecule has 0 saturated heterocycles. The van der Waals surface area contributed by atoms with Gasteiger partial charge in [-0.15, -0.1) is 5.10 Å². The summed E-state index contributed by atoms with van der Waals surface area (Å²) in [5.74, 6) is 0.721. The van der Waals surface area contributed by atoms with E-state index in [0.29, 0.717) is 6.54 Å². The zero-order chi connectivity index (χ0) is 15.8. The largest absolute Gasteiger partial charge is 0.346 e. The maximum Gasteiger partial charge on any atom is 0.346 e. The Labute approximate surface area is 134 Å². The van der Waals surface area contributed by atoms with Crippen molar-refractivity contribution < 1.29 is 0 Å². The SMILES string of the molecule is Cc1ccccc1Cn1nc(-c2cccnc2)n(C2CC2)c1=O. The van der Waals surface area contributed by atoms with Crippen LogP contribution in [0.5, 0.6) is 0 Å². The molecule has 0 atom stereocenters. The Morgan fingerprint density at radius 2 is 2.00 bits per heavy atom. The molecule has 116 valence electrons. The van der Waals surface area contributed by atoms with Gasteiger partial charge in [-0.25, -0.2) is 9.48 Å². The Morgan fingerprint density at radius 1 is 1.17 bits per heavy atom. The van der Waals surface area contributed by atoms with Gasteiger partial charge in [0.05, 0.1) is 6.54 Å². The first kappa shape index (κ1) is 13.9. The zero-order valence-electron chi connectivity index (χ0n) is 13.0. The van der Waals surface area contributed by atoms with Gasteiger partial charge in [-0.2, -0.15) is 0 Å². The minimum absolute atomic E-state index is 0.0328. The van der Waals surface area contributed by atoms with Crippen molar-refractivity contribution in [3.63, 3.8) is 0 Å². The van der Waals surface area contributed by atoms with Crippen LogP contribution in [0.25, 0.3) is 11.4 Å². The highest BCUT2D eigenvalue weighted by molar-refractivity contribution is 5.53. The first-order chi connectivity index (χ1) is 11.2. The van der Waals surface area contributed by atoms with Crippen LogP contribution in [0.4, 0.5) is 0 Å². The van der Waals surface area contributed by atoms with Crippen LogP contribution in [0.3, 0.4) is 0 Å². The molecule has 0 bridgehead atoms. The summed E-state index contributed by atoms with van der Waals surface area (Å²) < 4.78 is 3.40. The van der Waals surface area contributed by atoms with Gasteiger partial charge in [-0.1, -0.05) is 24.3 Å². The molecule has 5 heteroatoms. The Kier molecular flexibility index (Phi) is 3.33. The highest BCUT2D eigenvalue weighted by atomic mass is 16.2. The molecule has 0 aliphatic heterocycles. The van der Waals surface area contributed by atoms with Crippen molar-refractivity contribution in [3.05, 3.63) is 70.4 Å². The Morgan fingerprint density at radius 3 is 2.70 bits per heavy atom. The van der Waals surface area contributed by atoms with Gasteiger partial charge >= 0.3 is 5.69 Å². The monoisotopic (exact) mass is 306 g/mol. The van der Waals surface area contributed by atoms with Crippen molar-refractivity contribution in [2.75, 3.05) is 0 Å². The first-order valence-corrected chi connectivity index (χ1v) is 7.88. The summed E-state index contributed by atoms with van der Waals surface area (Å²) in [4.78, 5) is 17.0. The molecule has 0 unspecified atom stereocenters. The summed E-state index contributed by atoms with van der Waals surface area (Å²) in [5.41, 5.74) is 3.14. The van der Waals surface area contributed by atoms with Crippen LogP contribution in [-0.4, -0.2) is 19.3 Å². The van der Waals surface area contributed by atoms with Crippen molar-refractivity contribution >= 4 is 0 Å². The highest BCUT2D eigenvalue weighted by Crippen LogP contribution is 2.36. The molecule has 1 fully saturated rings. The summed E-state index contributed by atoms with van der Waals surface area (Å²) in [6.07, 6.45) is 5.58. The predicted molar refractivity (Wildman–Crippen MR) is 88.3 cm³/mol. The van der Waals surface area contributed by atoms with Crippen LogP contribution < -0.4 is 5.69 Å². The number of hydrogen-bond acceptors (Lipinski definition) is 3. The fourth-order valence-electron chi connectivity index (χ4n) is 2.83. The number of pyridine rings is 1. The Bertz CT molecular complexity index is 891. The number of benzene rings is 1. The van der Waals surface area contributed by atoms with E-state index in [9.17, 15) is 4.79 Å². The predicted octanol–water partition coefficient (Wildman–Crippen LogP) is 2.80. The molecule has 2 heterocycles. The second-order valence-corrected chi connectivity index (χ2v) is 6.03. The van der Waals surface area contributed by atoms with Crippen molar-refractivity contribution in [2.24, 2.45) is 0 Å². The molecule has 1 aromatic carbocycles. The third-order valence-corrected chi connectivity index (χ3v) is 4.28. The summed E-state index contributed by atoms with van der Waals surface area (Å²) in [7, 11) is 0. The summed E-state index contributed by atoms with van der Waals surface area (Å²) in [6, 6.07) is 12.2. The molecule has 0 amide bonds. The molecule has 0 radical (unpaired) electrons. The molecule has 1 aliphatic carbocycles. The number of rotatable bonds is 4. The minimum Gasteiger partial charge on any atom is -0.272 e. The molecule has 0 N–H and O–H groups in total. The van der Waals surface area contributed by atoms with Crippen molar-refractivity contribution in [1.82, 2.24) is 19.3 Å². The van der Waals surface area contributed by atoms with E-state index in [2.05, 4.69) is 23.1 Å². The van der Waals surface area contributed by atoms with Gasteiger partial charge in [0, 0.05) is 24.0 Å². The maximum absolute atomic E-state index is 12.8. The molecule has 1 aliphatic rings. The lowest BCUT2D eigenvalue weighted by molar-refractivity contribution is 0.624. The van der Waals surface area contributed by atoms with Gasteiger partial charge in [-0.05, 0) is 43.0 Å². The fourth-order valence-corrected chi connectivity index (χ4v) is 2.83. The molecule has 0 spiro atoms. The van der Waals surface area contributed by atoms with Crippen LogP contribution in [0.15, 0.2) is 53.6 Å². The third-order valence-electron chi connectivity index (χ3n) is 4.28. The van der Waals surface area contributed by atoms with Crippen LogP contribution in [0, 0.1) is 6.92 Å². The molecule has 2 aromatic heterocycles. The Hall–Kier alpha value is -2.69. The molecular formula is C18H18N4O. The molecule has 1 saturated carbocycles. The molecule has 3 aromatic rings. The van der Waals surface area contributed by atoms with Gasteiger partial charge < -0.3 is 0 Å². The highest BCUT2D eigenvalue weighted by Gasteiger charge is 2.30. The van der Waals surface area contributed by atoms with Crippen LogP contribution in [-0.2, 0) is 6.54 Å². The van der Waals surface area contributed by atoms with E-state index in [4.69, 9.17) is 0 Å². The van der Waals surface area contributed by atoms with Crippen molar-refractivity contribution in [3.8, 4) is 11.4 Å². The van der Waals surface area contributed by atoms with E-state index in [1.807, 2.05) is 34.9 Å². The first-order valence-electron chi connectivity index (χ1n) is 7.88. The minimum atomic E-state index is -0.0328. The molecule has 5 nitrogen and oxygen atoms in total. The molecular weight excluding hydrogens is 288 g/mol. The molecule has 4 rings (SSSR count). The van der Waals surface area contributed by atoms with Crippen LogP contribution >= 0.6 is 0 Å². The van der Waals surface area contributed by atoms with E-state index in [1.54, 1.807) is 17.1 Å². The average Bonchev–Trinajstić information content (AvgIpc) is 3.36. The number of nitrogens with zero attached hydrogens (tertiary/aromatic N) is 4. The maximum atomic E-state index is 12.8. The quantitative estimate of drug-likeness (QED) is 0.745. The van der Waals surface area contributed by atoms with E-state index >= 15 is 0 Å². The van der Waals surface area contributed by atoms with E-state index in [1.165, 1.54) is 5.56 Å². The summed E-state index contributed by atoms with van der Waals surface area (Å²) in [5, 5.41) is 4.60. The van der Waals surface area contributed by atoms with Gasteiger partial charge in [0.25, 0.3) is 0 Å². The van der Waals surface area contributed by atoms with Crippen LogP contribution in [0.2, 0.25) is 0 Å². The lowest BCUT2D eigenvalue weighted by Gasteiger charge is -2.04. The number of hydrogen-bond donors (Lipinski definition) is 0. The van der Waals surface area contributed by atoms with Gasteiger partial charge in [0.1, 0.15) is 0 Å². The number of aryl methyl sites for hydroxylation is 1. The fraction of sp³-hybridized carbons (Fsp3) is 0.278. The lowest BCUT2D eigenvalue weighted by Crippen LogP contribution is -2.25.